The summed E-state index contributed by atoms with van der Waals surface area (Å²) in [5.41, 5.74) is 3.12. The maximum atomic E-state index is 11.1. The van der Waals surface area contributed by atoms with Crippen LogP contribution in [0.15, 0.2) is 28.5 Å². The van der Waals surface area contributed by atoms with E-state index in [1.807, 2.05) is 0 Å². The van der Waals surface area contributed by atoms with Crippen LogP contribution in [0.2, 0.25) is 0 Å². The molecule has 0 saturated carbocycles. The first kappa shape index (κ1) is 28.5. The van der Waals surface area contributed by atoms with E-state index in [1.165, 1.54) is 39.5 Å². The third-order valence-corrected chi connectivity index (χ3v) is 2.56. The molecule has 0 fully saturated rings. The largest absolute Gasteiger partial charge is 1.00 e. The van der Waals surface area contributed by atoms with Gasteiger partial charge < -0.3 is 4.79 Å². The van der Waals surface area contributed by atoms with Crippen LogP contribution < -0.4 is 0 Å². The molecule has 0 saturated heterocycles. The molecule has 0 aromatic heterocycles. The molecule has 3 nitrogen and oxygen atoms in total. The van der Waals surface area contributed by atoms with E-state index in [2.05, 4.69) is 26.0 Å². The van der Waals surface area contributed by atoms with Crippen LogP contribution in [0.4, 0.5) is 26.6 Å². The second-order valence-electron chi connectivity index (χ2n) is 5.23. The summed E-state index contributed by atoms with van der Waals surface area (Å²) in [6.45, 7) is 7.52. The van der Waals surface area contributed by atoms with Crippen molar-refractivity contribution in [1.82, 2.24) is 5.34 Å². The number of hydrogen-bond donors (Lipinski definition) is 0. The molecule has 150 valence electrons. The van der Waals surface area contributed by atoms with Crippen molar-refractivity contribution in [2.45, 2.75) is 59.6 Å². The molecule has 0 aromatic carbocycles. The van der Waals surface area contributed by atoms with Crippen LogP contribution in [0, 0.1) is 0 Å². The summed E-state index contributed by atoms with van der Waals surface area (Å²) < 4.78 is 65.9. The smallest absolute Gasteiger partial charge is 0.300 e. The molecular formula is C15H22CuF6N2O+. The maximum absolute atomic E-state index is 11.1. The molecule has 0 aliphatic heterocycles. The summed E-state index contributed by atoms with van der Waals surface area (Å²) in [4.78, 5) is 9.44. The van der Waals surface area contributed by atoms with E-state index in [9.17, 15) is 31.4 Å². The van der Waals surface area contributed by atoms with Crippen molar-refractivity contribution in [3.05, 3.63) is 23.3 Å². The zero-order valence-corrected chi connectivity index (χ0v) is 15.3. The topological polar surface area (TPSA) is 32.7 Å². The molecule has 0 radical (unpaired) electrons. The molecule has 0 N–H and O–H groups in total. The van der Waals surface area contributed by atoms with Crippen LogP contribution in [-0.4, -0.2) is 23.1 Å². The van der Waals surface area contributed by atoms with E-state index in [0.717, 1.165) is 5.21 Å². The number of allylic oxidation sites excluding steroid dienone is 4. The number of halogens is 6. The number of hydrogen-bond acceptors (Lipinski definition) is 2. The number of Topliss-reactive ketones (excluding diaryl/α,β-unsaturated/α-hetero) is 1. The Balaban J connectivity index is -0.000000310. The first-order chi connectivity index (χ1) is 10.9. The quantitative estimate of drug-likeness (QED) is 0.120. The third-order valence-electron chi connectivity index (χ3n) is 2.56. The molecule has 10 heteroatoms. The van der Waals surface area contributed by atoms with E-state index in [0.29, 0.717) is 0 Å². The van der Waals surface area contributed by atoms with Gasteiger partial charge in [-0.1, -0.05) is 42.0 Å². The van der Waals surface area contributed by atoms with Crippen LogP contribution in [-0.2, 0) is 21.9 Å². The molecule has 0 heterocycles. The van der Waals surface area contributed by atoms with E-state index in [-0.39, 0.29) is 22.9 Å². The van der Waals surface area contributed by atoms with Crippen LogP contribution in [0.5, 0.6) is 0 Å². The molecule has 1 aliphatic carbocycles. The monoisotopic (exact) mass is 423 g/mol. The van der Waals surface area contributed by atoms with Gasteiger partial charge in [-0.05, 0) is 58.7 Å². The first-order valence-electron chi connectivity index (χ1n) is 7.08. The number of carbonyl (C=O) groups excluding carboxylic acids is 1. The standard InChI is InChI=1S/C10H16.C3H6O.C2F6N2.Cu/c1-9-5-3-4-6-10(2)8-7-9;1-3(2)4;3-2(4,5)1(9-6)10(7)8;/h5-6H,3-4,7-8H2,1-2H3;1-2H3;;/q;;;+1. The van der Waals surface area contributed by atoms with Crippen molar-refractivity contribution in [2.75, 3.05) is 0 Å². The van der Waals surface area contributed by atoms with E-state index in [1.54, 1.807) is 11.1 Å². The predicted octanol–water partition coefficient (Wildman–Crippen LogP) is 5.95. The van der Waals surface area contributed by atoms with Crippen molar-refractivity contribution in [1.29, 1.82) is 0 Å². The van der Waals surface area contributed by atoms with Gasteiger partial charge >= 0.3 is 29.1 Å². The van der Waals surface area contributed by atoms with Crippen molar-refractivity contribution in [3.63, 3.8) is 0 Å². The Morgan fingerprint density at radius 1 is 1.04 bits per heavy atom. The zero-order chi connectivity index (χ0) is 19.3. The number of rotatable bonds is 0. The fraction of sp³-hybridized carbons (Fsp3) is 0.600. The van der Waals surface area contributed by atoms with Gasteiger partial charge in [-0.3, -0.25) is 0 Å². The summed E-state index contributed by atoms with van der Waals surface area (Å²) in [7, 11) is 0. The Morgan fingerprint density at radius 3 is 1.52 bits per heavy atom. The van der Waals surface area contributed by atoms with Gasteiger partial charge in [0.1, 0.15) is 5.78 Å². The van der Waals surface area contributed by atoms with Gasteiger partial charge in [-0.2, -0.15) is 13.2 Å². The Labute approximate surface area is 154 Å². The Kier molecular flexibility index (Phi) is 17.1. The molecule has 0 aromatic rings. The van der Waals surface area contributed by atoms with Crippen LogP contribution >= 0.6 is 0 Å². The molecular weight excluding hydrogens is 402 g/mol. The minimum absolute atomic E-state index is 0. The van der Waals surface area contributed by atoms with E-state index < -0.39 is 17.4 Å². The molecule has 0 atom stereocenters. The van der Waals surface area contributed by atoms with Gasteiger partial charge in [-0.25, -0.2) is 0 Å². The van der Waals surface area contributed by atoms with Crippen LogP contribution in [0.25, 0.3) is 0 Å². The van der Waals surface area contributed by atoms with Crippen LogP contribution in [0.1, 0.15) is 53.4 Å². The predicted molar refractivity (Wildman–Crippen MR) is 81.0 cm³/mol. The number of nitrogens with zero attached hydrogens (tertiary/aromatic N) is 2. The SMILES string of the molecule is CC(C)=O.CC1=CCCC=C(C)CC1.FN=C(N(F)F)C(F)(F)F.[Cu+]. The summed E-state index contributed by atoms with van der Waals surface area (Å²) >= 11 is 0. The van der Waals surface area contributed by atoms with Gasteiger partial charge in [-0.15, -0.1) is 0 Å². The van der Waals surface area contributed by atoms with Crippen molar-refractivity contribution >= 4 is 11.6 Å². The molecule has 0 bridgehead atoms. The van der Waals surface area contributed by atoms with E-state index >= 15 is 0 Å². The molecule has 0 spiro atoms. The van der Waals surface area contributed by atoms with Gasteiger partial charge in [0.05, 0.1) is 0 Å². The maximum Gasteiger partial charge on any atom is 1.00 e. The average molecular weight is 424 g/mol. The fourth-order valence-corrected chi connectivity index (χ4v) is 1.43. The number of carbonyl (C=O) groups is 1. The van der Waals surface area contributed by atoms with Gasteiger partial charge in [0.15, 0.2) is 0 Å². The summed E-state index contributed by atoms with van der Waals surface area (Å²) in [5.74, 6) is -2.70. The minimum atomic E-state index is -5.46. The third kappa shape index (κ3) is 18.9. The van der Waals surface area contributed by atoms with Gasteiger partial charge in [0.2, 0.25) is 0 Å². The molecule has 1 aliphatic rings. The fourth-order valence-electron chi connectivity index (χ4n) is 1.43. The number of ketones is 1. The minimum Gasteiger partial charge on any atom is -0.300 e. The summed E-state index contributed by atoms with van der Waals surface area (Å²) in [5, 5.41) is -1.62. The van der Waals surface area contributed by atoms with Crippen molar-refractivity contribution in [2.24, 2.45) is 5.21 Å². The second kappa shape index (κ2) is 15.0. The number of amidine groups is 1. The second-order valence-corrected chi connectivity index (χ2v) is 5.23. The molecule has 0 amide bonds. The van der Waals surface area contributed by atoms with E-state index in [4.69, 9.17) is 0 Å². The first-order valence-corrected chi connectivity index (χ1v) is 7.08. The normalized spacial score (nSPS) is 14.7. The Hall–Kier alpha value is -1.28. The van der Waals surface area contributed by atoms with Crippen molar-refractivity contribution < 1.29 is 48.5 Å². The average Bonchev–Trinajstić information content (AvgIpc) is 2.38. The zero-order valence-electron chi connectivity index (χ0n) is 14.4. The Morgan fingerprint density at radius 2 is 1.36 bits per heavy atom. The van der Waals surface area contributed by atoms with Gasteiger partial charge in [0.25, 0.3) is 0 Å². The summed E-state index contributed by atoms with van der Waals surface area (Å²) in [6, 6.07) is 0. The Bertz CT molecular complexity index is 449. The van der Waals surface area contributed by atoms with Gasteiger partial charge in [0, 0.05) is 0 Å². The molecule has 1 rings (SSSR count). The van der Waals surface area contributed by atoms with Crippen LogP contribution in [0.3, 0.4) is 0 Å². The number of alkyl halides is 3. The molecule has 25 heavy (non-hydrogen) atoms. The molecule has 0 unspecified atom stereocenters. The van der Waals surface area contributed by atoms with Crippen molar-refractivity contribution in [3.8, 4) is 0 Å². The summed E-state index contributed by atoms with van der Waals surface area (Å²) in [6.07, 6.45) is 4.28.